The van der Waals surface area contributed by atoms with Crippen LogP contribution in [0, 0.1) is 0 Å². The fraction of sp³-hybridized carbons (Fsp3) is 0.750. The van der Waals surface area contributed by atoms with Crippen LogP contribution in [0.5, 0.6) is 0 Å². The number of aromatic nitrogens is 1. The minimum Gasteiger partial charge on any atom is -0.345 e. The summed E-state index contributed by atoms with van der Waals surface area (Å²) in [4.78, 5) is 10.7. The van der Waals surface area contributed by atoms with Crippen molar-refractivity contribution in [2.45, 2.75) is 25.9 Å². The number of nitrogens with one attached hydrogen (secondary N) is 1. The molecule has 5 heteroatoms. The van der Waals surface area contributed by atoms with Gasteiger partial charge in [0, 0.05) is 43.3 Å². The lowest BCUT2D eigenvalue weighted by atomic mass is 10.1. The van der Waals surface area contributed by atoms with E-state index in [-0.39, 0.29) is 0 Å². The lowest BCUT2D eigenvalue weighted by Gasteiger charge is -2.39. The first-order valence-corrected chi connectivity index (χ1v) is 7.10. The zero-order chi connectivity index (χ0) is 12.3. The number of nitrogens with zero attached hydrogens (tertiary/aromatic N) is 3. The first-order chi connectivity index (χ1) is 8.24. The number of likely N-dealkylation sites (N-methyl/N-ethyl adjacent to an activating group) is 1. The molecule has 0 spiro atoms. The van der Waals surface area contributed by atoms with Crippen LogP contribution in [0.4, 0.5) is 5.13 Å². The van der Waals surface area contributed by atoms with Gasteiger partial charge in [-0.25, -0.2) is 4.98 Å². The highest BCUT2D eigenvalue weighted by Gasteiger charge is 2.24. The van der Waals surface area contributed by atoms with Gasteiger partial charge in [-0.3, -0.25) is 4.90 Å². The molecule has 1 aliphatic heterocycles. The van der Waals surface area contributed by atoms with E-state index in [4.69, 9.17) is 0 Å². The molecule has 0 amide bonds. The largest absolute Gasteiger partial charge is 0.345 e. The fourth-order valence-corrected chi connectivity index (χ4v) is 3.22. The lowest BCUT2D eigenvalue weighted by molar-refractivity contribution is 0.213. The molecule has 17 heavy (non-hydrogen) atoms. The molecule has 1 unspecified atom stereocenters. The average Bonchev–Trinajstić information content (AvgIpc) is 2.79. The molecule has 96 valence electrons. The molecule has 0 aliphatic carbocycles. The van der Waals surface area contributed by atoms with E-state index in [2.05, 4.69) is 34.1 Å². The van der Waals surface area contributed by atoms with Crippen molar-refractivity contribution >= 4 is 16.5 Å². The zero-order valence-electron chi connectivity index (χ0n) is 10.9. The number of anilines is 1. The van der Waals surface area contributed by atoms with Crippen LogP contribution >= 0.6 is 11.3 Å². The van der Waals surface area contributed by atoms with Crippen molar-refractivity contribution in [3.05, 3.63) is 11.1 Å². The van der Waals surface area contributed by atoms with E-state index in [1.165, 1.54) is 16.4 Å². The van der Waals surface area contributed by atoms with E-state index in [1.807, 2.05) is 24.6 Å². The Morgan fingerprint density at radius 1 is 1.53 bits per heavy atom. The van der Waals surface area contributed by atoms with Gasteiger partial charge in [-0.2, -0.15) is 0 Å². The lowest BCUT2D eigenvalue weighted by Crippen LogP contribution is -2.51. The van der Waals surface area contributed by atoms with Crippen molar-refractivity contribution < 1.29 is 0 Å². The quantitative estimate of drug-likeness (QED) is 0.880. The zero-order valence-corrected chi connectivity index (χ0v) is 11.8. The Kier molecular flexibility index (Phi) is 4.36. The van der Waals surface area contributed by atoms with Gasteiger partial charge in [0.15, 0.2) is 5.13 Å². The van der Waals surface area contributed by atoms with Gasteiger partial charge in [0.1, 0.15) is 0 Å². The second kappa shape index (κ2) is 5.80. The molecule has 0 bridgehead atoms. The van der Waals surface area contributed by atoms with Gasteiger partial charge in [-0.05, 0) is 20.5 Å². The van der Waals surface area contributed by atoms with Crippen LogP contribution < -0.4 is 10.2 Å². The minimum absolute atomic E-state index is 0.667. The SMILES string of the molecule is CCC1CN(c2ncc(CNC)s2)CCN1C. The third kappa shape index (κ3) is 2.97. The Balaban J connectivity index is 2.01. The van der Waals surface area contributed by atoms with Crippen molar-refractivity contribution in [3.8, 4) is 0 Å². The summed E-state index contributed by atoms with van der Waals surface area (Å²) < 4.78 is 0. The molecule has 4 nitrogen and oxygen atoms in total. The fourth-order valence-electron chi connectivity index (χ4n) is 2.26. The summed E-state index contributed by atoms with van der Waals surface area (Å²) in [5.74, 6) is 0. The van der Waals surface area contributed by atoms with E-state index in [9.17, 15) is 0 Å². The predicted molar refractivity (Wildman–Crippen MR) is 73.8 cm³/mol. The highest BCUT2D eigenvalue weighted by molar-refractivity contribution is 7.15. The van der Waals surface area contributed by atoms with E-state index < -0.39 is 0 Å². The number of rotatable bonds is 4. The van der Waals surface area contributed by atoms with E-state index >= 15 is 0 Å². The van der Waals surface area contributed by atoms with Crippen LogP contribution in [0.1, 0.15) is 18.2 Å². The molecular formula is C12H22N4S. The van der Waals surface area contributed by atoms with Gasteiger partial charge < -0.3 is 10.2 Å². The number of hydrogen-bond acceptors (Lipinski definition) is 5. The summed E-state index contributed by atoms with van der Waals surface area (Å²) in [5, 5.41) is 4.35. The minimum atomic E-state index is 0.667. The van der Waals surface area contributed by atoms with Gasteiger partial charge in [0.05, 0.1) is 0 Å². The van der Waals surface area contributed by atoms with Gasteiger partial charge in [-0.1, -0.05) is 6.92 Å². The molecule has 0 saturated carbocycles. The summed E-state index contributed by atoms with van der Waals surface area (Å²) in [6, 6.07) is 0.667. The first kappa shape index (κ1) is 12.8. The molecule has 0 radical (unpaired) electrons. The molecule has 1 N–H and O–H groups in total. The van der Waals surface area contributed by atoms with Crippen LogP contribution in [-0.4, -0.2) is 49.7 Å². The van der Waals surface area contributed by atoms with E-state index in [0.717, 1.165) is 26.2 Å². The Morgan fingerprint density at radius 2 is 2.35 bits per heavy atom. The van der Waals surface area contributed by atoms with E-state index in [1.54, 1.807) is 0 Å². The van der Waals surface area contributed by atoms with Crippen molar-refractivity contribution in [1.29, 1.82) is 0 Å². The number of hydrogen-bond donors (Lipinski definition) is 1. The maximum Gasteiger partial charge on any atom is 0.185 e. The van der Waals surface area contributed by atoms with Crippen molar-refractivity contribution in [3.63, 3.8) is 0 Å². The summed E-state index contributed by atoms with van der Waals surface area (Å²) in [5.41, 5.74) is 0. The molecular weight excluding hydrogens is 232 g/mol. The molecule has 1 saturated heterocycles. The Labute approximate surface area is 108 Å². The third-order valence-electron chi connectivity index (χ3n) is 3.41. The summed E-state index contributed by atoms with van der Waals surface area (Å²) in [6.45, 7) is 6.53. The maximum absolute atomic E-state index is 4.54. The average molecular weight is 254 g/mol. The molecule has 1 aliphatic rings. The maximum atomic E-state index is 4.54. The molecule has 2 heterocycles. The molecule has 0 aromatic carbocycles. The second-order valence-electron chi connectivity index (χ2n) is 4.63. The number of thiazole rings is 1. The van der Waals surface area contributed by atoms with Gasteiger partial charge >= 0.3 is 0 Å². The normalized spacial score (nSPS) is 22.1. The van der Waals surface area contributed by atoms with Crippen LogP contribution in [0.15, 0.2) is 6.20 Å². The molecule has 1 atom stereocenters. The highest BCUT2D eigenvalue weighted by Crippen LogP contribution is 2.25. The van der Waals surface area contributed by atoms with Crippen LogP contribution in [0.3, 0.4) is 0 Å². The van der Waals surface area contributed by atoms with Crippen molar-refractivity contribution in [2.24, 2.45) is 0 Å². The highest BCUT2D eigenvalue weighted by atomic mass is 32.1. The smallest absolute Gasteiger partial charge is 0.185 e. The molecule has 1 fully saturated rings. The standard InChI is InChI=1S/C12H22N4S/c1-4-10-9-16(6-5-15(10)3)12-14-8-11(17-12)7-13-2/h8,10,13H,4-7,9H2,1-3H3. The van der Waals surface area contributed by atoms with Gasteiger partial charge in [0.25, 0.3) is 0 Å². The van der Waals surface area contributed by atoms with Crippen LogP contribution in [0.2, 0.25) is 0 Å². The Hall–Kier alpha value is -0.650. The van der Waals surface area contributed by atoms with Gasteiger partial charge in [0.2, 0.25) is 0 Å². The summed E-state index contributed by atoms with van der Waals surface area (Å²) in [6.07, 6.45) is 3.21. The third-order valence-corrected chi connectivity index (χ3v) is 4.47. The van der Waals surface area contributed by atoms with Crippen molar-refractivity contribution in [1.82, 2.24) is 15.2 Å². The first-order valence-electron chi connectivity index (χ1n) is 6.29. The number of piperazine rings is 1. The molecule has 1 aromatic heterocycles. The van der Waals surface area contributed by atoms with Crippen LogP contribution in [0.25, 0.3) is 0 Å². The van der Waals surface area contributed by atoms with Crippen LogP contribution in [-0.2, 0) is 6.54 Å². The summed E-state index contributed by atoms with van der Waals surface area (Å²) in [7, 11) is 4.20. The Bertz CT molecular complexity index is 352. The summed E-state index contributed by atoms with van der Waals surface area (Å²) >= 11 is 1.81. The molecule has 2 rings (SSSR count). The molecule has 1 aromatic rings. The van der Waals surface area contributed by atoms with Gasteiger partial charge in [-0.15, -0.1) is 11.3 Å². The van der Waals surface area contributed by atoms with E-state index in [0.29, 0.717) is 6.04 Å². The predicted octanol–water partition coefficient (Wildman–Crippen LogP) is 1.39. The topological polar surface area (TPSA) is 31.4 Å². The monoisotopic (exact) mass is 254 g/mol. The van der Waals surface area contributed by atoms with Crippen molar-refractivity contribution in [2.75, 3.05) is 38.6 Å². The second-order valence-corrected chi connectivity index (χ2v) is 5.72. The Morgan fingerprint density at radius 3 is 3.06 bits per heavy atom.